The van der Waals surface area contributed by atoms with Gasteiger partial charge in [-0.2, -0.15) is 0 Å². The molecule has 2 aliphatic carbocycles. The molecule has 0 bridgehead atoms. The molecule has 2 aliphatic heterocycles. The van der Waals surface area contributed by atoms with Crippen LogP contribution in [-0.2, 0) is 39.4 Å². The van der Waals surface area contributed by atoms with Gasteiger partial charge in [-0.1, -0.05) is 56.6 Å². The van der Waals surface area contributed by atoms with Crippen molar-refractivity contribution in [2.45, 2.75) is 105 Å². The van der Waals surface area contributed by atoms with Crippen LogP contribution in [0.2, 0.25) is 0 Å². The van der Waals surface area contributed by atoms with Gasteiger partial charge in [-0.3, -0.25) is 24.0 Å². The van der Waals surface area contributed by atoms with E-state index in [1.807, 2.05) is 0 Å². The molecule has 2 saturated heterocycles. The number of nitrogens with two attached hydrogens (primary N) is 1. The second kappa shape index (κ2) is 14.9. The van der Waals surface area contributed by atoms with Crippen LogP contribution in [0.1, 0.15) is 99.1 Å². The number of nitrogens with zero attached hydrogens (tertiary/aromatic N) is 5. The Hall–Kier alpha value is -4.35. The summed E-state index contributed by atoms with van der Waals surface area (Å²) in [6.07, 6.45) is 9.95. The fourth-order valence-corrected chi connectivity index (χ4v) is 8.38. The fourth-order valence-electron chi connectivity index (χ4n) is 7.75. The topological polar surface area (TPSA) is 233 Å². The number of carbonyl (C=O) groups excluding carboxylic acids is 5. The maximum absolute atomic E-state index is 14.6. The van der Waals surface area contributed by atoms with E-state index < -0.39 is 62.5 Å². The molecule has 280 valence electrons. The summed E-state index contributed by atoms with van der Waals surface area (Å²) in [6, 6.07) is 3.56. The number of ketones is 1. The highest BCUT2D eigenvalue weighted by atomic mass is 32.2. The first kappa shape index (κ1) is 37.4. The number of aromatic nitrogens is 3. The van der Waals surface area contributed by atoms with Crippen LogP contribution in [0.15, 0.2) is 40.4 Å². The first-order valence-corrected chi connectivity index (χ1v) is 19.7. The molecule has 4 fully saturated rings. The van der Waals surface area contributed by atoms with E-state index in [4.69, 9.17) is 10.5 Å². The number of aliphatic hydroxyl groups is 1. The number of amides is 4. The van der Waals surface area contributed by atoms with E-state index in [9.17, 15) is 37.5 Å². The molecular weight excluding hydrogens is 694 g/mol. The maximum Gasteiger partial charge on any atom is 0.287 e. The van der Waals surface area contributed by atoms with Crippen LogP contribution in [0, 0.1) is 5.92 Å². The standard InChI is InChI=1S/C35H45N7O9S/c1-52(49,50)25-12-10-23(11-13-25)31(45)37-26(16-22-8-4-2-5-9-22)33(47)41-18-24(42-19-28(39-40-42)35(48)20-51-21-35)17-27(41)32(46)38-34(29(43)30(36)44)14-6-3-7-15-34/h10-13,19,22,24,27,48H,2-9,14-18,20-21H2,1H3,(H2,36,44)(H,38,46)/b37-26+/t24-,27-/m0/s1. The number of aliphatic imine (C=N–C) groups is 1. The smallest absolute Gasteiger partial charge is 0.287 e. The number of primary amides is 1. The van der Waals surface area contributed by atoms with Crippen LogP contribution in [-0.4, -0.2) is 106 Å². The number of carbonyl (C=O) groups is 5. The van der Waals surface area contributed by atoms with E-state index in [1.165, 1.54) is 33.8 Å². The van der Waals surface area contributed by atoms with Crippen molar-refractivity contribution in [3.8, 4) is 0 Å². The van der Waals surface area contributed by atoms with Gasteiger partial charge in [0, 0.05) is 24.8 Å². The van der Waals surface area contributed by atoms with E-state index >= 15 is 0 Å². The molecule has 4 amide bonds. The molecule has 1 aromatic carbocycles. The molecule has 4 aliphatic rings. The predicted molar refractivity (Wildman–Crippen MR) is 185 cm³/mol. The van der Waals surface area contributed by atoms with Gasteiger partial charge in [-0.05, 0) is 49.4 Å². The molecule has 4 N–H and O–H groups in total. The Labute approximate surface area is 301 Å². The van der Waals surface area contributed by atoms with Gasteiger partial charge in [0.25, 0.3) is 17.7 Å². The van der Waals surface area contributed by atoms with Crippen molar-refractivity contribution < 1.29 is 42.2 Å². The third kappa shape index (κ3) is 7.85. The van der Waals surface area contributed by atoms with Gasteiger partial charge in [0.05, 0.1) is 30.3 Å². The van der Waals surface area contributed by atoms with Crippen LogP contribution in [0.5, 0.6) is 0 Å². The molecule has 6 rings (SSSR count). The lowest BCUT2D eigenvalue weighted by Crippen LogP contribution is -2.62. The first-order chi connectivity index (χ1) is 24.7. The molecule has 2 saturated carbocycles. The third-order valence-corrected chi connectivity index (χ3v) is 12.0. The number of hydrogen-bond donors (Lipinski definition) is 3. The molecule has 2 aromatic rings. The van der Waals surface area contributed by atoms with Crippen LogP contribution in [0.25, 0.3) is 0 Å². The number of sulfone groups is 1. The number of likely N-dealkylation sites (tertiary alicyclic amines) is 1. The molecular formula is C35H45N7O9S. The Bertz CT molecular complexity index is 1860. The molecule has 0 radical (unpaired) electrons. The van der Waals surface area contributed by atoms with Crippen molar-refractivity contribution in [1.82, 2.24) is 25.2 Å². The van der Waals surface area contributed by atoms with Gasteiger partial charge >= 0.3 is 0 Å². The highest BCUT2D eigenvalue weighted by molar-refractivity contribution is 7.90. The van der Waals surface area contributed by atoms with Gasteiger partial charge in [0.2, 0.25) is 11.7 Å². The first-order valence-electron chi connectivity index (χ1n) is 17.8. The number of ether oxygens (including phenoxy) is 1. The van der Waals surface area contributed by atoms with Gasteiger partial charge in [-0.15, -0.1) is 5.10 Å². The average Bonchev–Trinajstić information content (AvgIpc) is 3.79. The lowest BCUT2D eigenvalue weighted by Gasteiger charge is -2.37. The van der Waals surface area contributed by atoms with Crippen LogP contribution in [0.4, 0.5) is 0 Å². The monoisotopic (exact) mass is 739 g/mol. The van der Waals surface area contributed by atoms with E-state index in [0.29, 0.717) is 12.8 Å². The minimum absolute atomic E-state index is 0.0299. The Morgan fingerprint density at radius 2 is 1.67 bits per heavy atom. The molecule has 0 spiro atoms. The number of benzene rings is 1. The molecule has 2 atom stereocenters. The molecule has 0 unspecified atom stereocenters. The van der Waals surface area contributed by atoms with E-state index in [1.54, 1.807) is 6.20 Å². The second-order valence-corrected chi connectivity index (χ2v) is 16.7. The van der Waals surface area contributed by atoms with Crippen molar-refractivity contribution in [2.75, 3.05) is 26.0 Å². The zero-order chi connectivity index (χ0) is 37.3. The zero-order valence-electron chi connectivity index (χ0n) is 29.2. The Morgan fingerprint density at radius 3 is 2.27 bits per heavy atom. The largest absolute Gasteiger partial charge is 0.379 e. The van der Waals surface area contributed by atoms with E-state index in [0.717, 1.165) is 44.8 Å². The number of Topliss-reactive ketones (excluding diaryl/α,β-unsaturated/α-hetero) is 1. The van der Waals surface area contributed by atoms with Gasteiger partial charge < -0.3 is 25.8 Å². The summed E-state index contributed by atoms with van der Waals surface area (Å²) in [6.45, 7) is 0.0638. The van der Waals surface area contributed by atoms with Gasteiger partial charge in [0.1, 0.15) is 23.0 Å². The zero-order valence-corrected chi connectivity index (χ0v) is 30.0. The SMILES string of the molecule is CS(=O)(=O)c1ccc(C(=O)/N=C(\CC2CCCCC2)C(=O)N2C[C@@H](n3cc(C4(O)COC4)nn3)C[C@H]2C(=O)NC2(C(=O)C(N)=O)CCCCC2)cc1. The number of rotatable bonds is 11. The summed E-state index contributed by atoms with van der Waals surface area (Å²) in [5.74, 6) is -4.00. The fraction of sp³-hybridized carbons (Fsp3) is 0.600. The lowest BCUT2D eigenvalue weighted by atomic mass is 9.78. The number of nitrogens with one attached hydrogen (secondary N) is 1. The molecule has 3 heterocycles. The van der Waals surface area contributed by atoms with Crippen molar-refractivity contribution in [1.29, 1.82) is 0 Å². The summed E-state index contributed by atoms with van der Waals surface area (Å²) >= 11 is 0. The van der Waals surface area contributed by atoms with E-state index in [2.05, 4.69) is 20.6 Å². The van der Waals surface area contributed by atoms with Gasteiger partial charge in [-0.25, -0.2) is 18.1 Å². The normalized spacial score (nSPS) is 23.4. The Balaban J connectivity index is 1.34. The Morgan fingerprint density at radius 1 is 1.02 bits per heavy atom. The van der Waals surface area contributed by atoms with Crippen LogP contribution >= 0.6 is 0 Å². The minimum Gasteiger partial charge on any atom is -0.379 e. The Kier molecular flexibility index (Phi) is 10.8. The molecule has 16 nitrogen and oxygen atoms in total. The van der Waals surface area contributed by atoms with Crippen molar-refractivity contribution in [3.05, 3.63) is 41.7 Å². The second-order valence-electron chi connectivity index (χ2n) is 14.7. The summed E-state index contributed by atoms with van der Waals surface area (Å²) in [4.78, 5) is 73.4. The minimum atomic E-state index is -3.51. The molecule has 17 heteroatoms. The van der Waals surface area contributed by atoms with Gasteiger partial charge in [0.15, 0.2) is 15.4 Å². The molecule has 1 aromatic heterocycles. The highest BCUT2D eigenvalue weighted by Gasteiger charge is 2.49. The van der Waals surface area contributed by atoms with Crippen LogP contribution in [0.3, 0.4) is 0 Å². The number of hydrogen-bond acceptors (Lipinski definition) is 11. The predicted octanol–water partition coefficient (Wildman–Crippen LogP) is 1.17. The highest BCUT2D eigenvalue weighted by Crippen LogP contribution is 2.35. The molecule has 52 heavy (non-hydrogen) atoms. The lowest BCUT2D eigenvalue weighted by molar-refractivity contribution is -0.186. The van der Waals surface area contributed by atoms with Crippen molar-refractivity contribution in [3.63, 3.8) is 0 Å². The van der Waals surface area contributed by atoms with Crippen molar-refractivity contribution >= 4 is 45.0 Å². The summed E-state index contributed by atoms with van der Waals surface area (Å²) in [5.41, 5.74) is 2.96. The van der Waals surface area contributed by atoms with E-state index in [-0.39, 0.29) is 73.2 Å². The maximum atomic E-state index is 14.6. The summed E-state index contributed by atoms with van der Waals surface area (Å²) < 4.78 is 30.6. The van der Waals surface area contributed by atoms with Crippen LogP contribution < -0.4 is 11.1 Å². The summed E-state index contributed by atoms with van der Waals surface area (Å²) in [5, 5.41) is 21.9. The quantitative estimate of drug-likeness (QED) is 0.219. The third-order valence-electron chi connectivity index (χ3n) is 10.8. The van der Waals surface area contributed by atoms with Crippen molar-refractivity contribution in [2.24, 2.45) is 16.6 Å². The average molecular weight is 740 g/mol. The summed E-state index contributed by atoms with van der Waals surface area (Å²) in [7, 11) is -3.51.